The van der Waals surface area contributed by atoms with E-state index in [9.17, 15) is 14.4 Å². The lowest BCUT2D eigenvalue weighted by atomic mass is 10.2. The van der Waals surface area contributed by atoms with Crippen molar-refractivity contribution >= 4 is 46.7 Å². The van der Waals surface area contributed by atoms with Gasteiger partial charge in [-0.1, -0.05) is 36.0 Å². The summed E-state index contributed by atoms with van der Waals surface area (Å²) in [5, 5.41) is 4.69. The minimum absolute atomic E-state index is 0.0734. The number of imide groups is 1. The zero-order valence-corrected chi connectivity index (χ0v) is 20.0. The largest absolute Gasteiger partial charge is 0.486 e. The molecule has 2 N–H and O–H groups in total. The summed E-state index contributed by atoms with van der Waals surface area (Å²) < 4.78 is 16.0. The standard InChI is InChI=1S/C26H23N3O6S/c30-24(28-26(32)27-17-9-10-20-21(15-17)34-14-13-33-20)16-35-25(31)11-12-29-18-5-1-3-7-22(18)36-23-8-4-2-6-19(23)29/h1-10,15H,11-14,16H2,(H2,27,28,30,32). The van der Waals surface area contributed by atoms with Crippen molar-refractivity contribution in [3.05, 3.63) is 66.7 Å². The van der Waals surface area contributed by atoms with Gasteiger partial charge in [0.2, 0.25) is 0 Å². The lowest BCUT2D eigenvalue weighted by molar-refractivity contribution is -0.148. The van der Waals surface area contributed by atoms with Gasteiger partial charge < -0.3 is 24.4 Å². The molecule has 0 fully saturated rings. The number of rotatable bonds is 6. The van der Waals surface area contributed by atoms with E-state index in [1.165, 1.54) is 0 Å². The normalized spacial score (nSPS) is 13.2. The Bertz CT molecular complexity index is 1270. The Morgan fingerprint density at radius 3 is 2.28 bits per heavy atom. The Balaban J connectivity index is 1.10. The van der Waals surface area contributed by atoms with Crippen molar-refractivity contribution in [1.29, 1.82) is 0 Å². The van der Waals surface area contributed by atoms with Crippen LogP contribution in [0.5, 0.6) is 11.5 Å². The highest BCUT2D eigenvalue weighted by Gasteiger charge is 2.23. The minimum Gasteiger partial charge on any atom is -0.486 e. The summed E-state index contributed by atoms with van der Waals surface area (Å²) in [7, 11) is 0. The van der Waals surface area contributed by atoms with Crippen LogP contribution in [0.1, 0.15) is 6.42 Å². The van der Waals surface area contributed by atoms with Crippen LogP contribution in [0.4, 0.5) is 21.9 Å². The van der Waals surface area contributed by atoms with Crippen LogP contribution in [0.3, 0.4) is 0 Å². The molecule has 0 aliphatic carbocycles. The predicted molar refractivity (Wildman–Crippen MR) is 134 cm³/mol. The number of nitrogens with one attached hydrogen (secondary N) is 2. The highest BCUT2D eigenvalue weighted by Crippen LogP contribution is 2.47. The summed E-state index contributed by atoms with van der Waals surface area (Å²) in [4.78, 5) is 40.9. The fraction of sp³-hybridized carbons (Fsp3) is 0.192. The number of fused-ring (bicyclic) bond motifs is 3. The maximum atomic E-state index is 12.4. The van der Waals surface area contributed by atoms with Gasteiger partial charge in [-0.05, 0) is 36.4 Å². The number of hydrogen-bond donors (Lipinski definition) is 2. The molecule has 0 radical (unpaired) electrons. The lowest BCUT2D eigenvalue weighted by Gasteiger charge is -2.32. The number of amides is 3. The summed E-state index contributed by atoms with van der Waals surface area (Å²) >= 11 is 1.69. The van der Waals surface area contributed by atoms with E-state index in [1.54, 1.807) is 30.0 Å². The van der Waals surface area contributed by atoms with Crippen LogP contribution >= 0.6 is 11.8 Å². The SMILES string of the molecule is O=C(COC(=O)CCN1c2ccccc2Sc2ccccc21)NC(=O)Nc1ccc2c(c1)OCCO2. The third-order valence-electron chi connectivity index (χ3n) is 5.49. The van der Waals surface area contributed by atoms with Crippen molar-refractivity contribution in [3.8, 4) is 11.5 Å². The zero-order valence-electron chi connectivity index (χ0n) is 19.2. The van der Waals surface area contributed by atoms with Gasteiger partial charge >= 0.3 is 12.0 Å². The van der Waals surface area contributed by atoms with Gasteiger partial charge in [0.15, 0.2) is 18.1 Å². The number of benzene rings is 3. The quantitative estimate of drug-likeness (QED) is 0.477. The molecule has 3 aromatic rings. The number of para-hydroxylation sites is 2. The molecule has 184 valence electrons. The molecule has 0 atom stereocenters. The molecule has 9 nitrogen and oxygen atoms in total. The van der Waals surface area contributed by atoms with Gasteiger partial charge in [-0.15, -0.1) is 0 Å². The van der Waals surface area contributed by atoms with Gasteiger partial charge in [-0.3, -0.25) is 14.9 Å². The Labute approximate surface area is 211 Å². The van der Waals surface area contributed by atoms with Crippen molar-refractivity contribution < 1.29 is 28.6 Å². The monoisotopic (exact) mass is 505 g/mol. The van der Waals surface area contributed by atoms with E-state index < -0.39 is 24.5 Å². The molecule has 3 aromatic carbocycles. The number of hydrogen-bond acceptors (Lipinski definition) is 8. The van der Waals surface area contributed by atoms with Gasteiger partial charge in [0, 0.05) is 28.1 Å². The van der Waals surface area contributed by atoms with Gasteiger partial charge in [0.1, 0.15) is 13.2 Å². The predicted octanol–water partition coefficient (Wildman–Crippen LogP) is 4.34. The molecule has 10 heteroatoms. The number of carbonyl (C=O) groups excluding carboxylic acids is 3. The fourth-order valence-electron chi connectivity index (χ4n) is 3.89. The van der Waals surface area contributed by atoms with Crippen molar-refractivity contribution in [1.82, 2.24) is 5.32 Å². The van der Waals surface area contributed by atoms with E-state index >= 15 is 0 Å². The van der Waals surface area contributed by atoms with Crippen LogP contribution in [-0.4, -0.2) is 44.3 Å². The molecule has 0 bridgehead atoms. The van der Waals surface area contributed by atoms with Crippen molar-refractivity contribution in [3.63, 3.8) is 0 Å². The van der Waals surface area contributed by atoms with Crippen LogP contribution in [-0.2, 0) is 14.3 Å². The van der Waals surface area contributed by atoms with Gasteiger partial charge in [-0.25, -0.2) is 4.79 Å². The summed E-state index contributed by atoms with van der Waals surface area (Å²) in [5.41, 5.74) is 2.46. The lowest BCUT2D eigenvalue weighted by Crippen LogP contribution is -2.37. The topological polar surface area (TPSA) is 106 Å². The molecule has 3 amide bonds. The number of carbonyl (C=O) groups is 3. The number of anilines is 3. The smallest absolute Gasteiger partial charge is 0.325 e. The molecular formula is C26H23N3O6S. The van der Waals surface area contributed by atoms with E-state index in [0.717, 1.165) is 21.2 Å². The first-order chi connectivity index (χ1) is 17.6. The van der Waals surface area contributed by atoms with Crippen molar-refractivity contribution in [2.75, 3.05) is 36.6 Å². The van der Waals surface area contributed by atoms with E-state index in [4.69, 9.17) is 14.2 Å². The Morgan fingerprint density at radius 2 is 1.56 bits per heavy atom. The summed E-state index contributed by atoms with van der Waals surface area (Å²) in [6.07, 6.45) is 0.0734. The first-order valence-electron chi connectivity index (χ1n) is 11.4. The number of ether oxygens (including phenoxy) is 3. The number of nitrogens with zero attached hydrogens (tertiary/aromatic N) is 1. The zero-order chi connectivity index (χ0) is 24.9. The van der Waals surface area contributed by atoms with E-state index in [1.807, 2.05) is 48.5 Å². The third-order valence-corrected chi connectivity index (χ3v) is 6.62. The molecular weight excluding hydrogens is 482 g/mol. The van der Waals surface area contributed by atoms with Gasteiger partial charge in [0.25, 0.3) is 5.91 Å². The summed E-state index contributed by atoms with van der Waals surface area (Å²) in [6, 6.07) is 20.2. The van der Waals surface area contributed by atoms with Crippen LogP contribution in [0, 0.1) is 0 Å². The molecule has 0 saturated heterocycles. The van der Waals surface area contributed by atoms with Gasteiger partial charge in [-0.2, -0.15) is 0 Å². The third kappa shape index (κ3) is 5.38. The second-order valence-electron chi connectivity index (χ2n) is 7.96. The van der Waals surface area contributed by atoms with Crippen molar-refractivity contribution in [2.45, 2.75) is 16.2 Å². The molecule has 0 saturated carbocycles. The molecule has 2 aliphatic heterocycles. The van der Waals surface area contributed by atoms with Crippen LogP contribution in [0.15, 0.2) is 76.5 Å². The van der Waals surface area contributed by atoms with E-state index in [2.05, 4.69) is 15.5 Å². The molecule has 0 unspecified atom stereocenters. The average molecular weight is 506 g/mol. The summed E-state index contributed by atoms with van der Waals surface area (Å²) in [5.74, 6) is -0.170. The Kier molecular flexibility index (Phi) is 6.94. The maximum absolute atomic E-state index is 12.4. The maximum Gasteiger partial charge on any atom is 0.325 e. The fourth-order valence-corrected chi connectivity index (χ4v) is 4.99. The first-order valence-corrected chi connectivity index (χ1v) is 12.2. The Hall–Kier alpha value is -4.18. The van der Waals surface area contributed by atoms with Crippen molar-refractivity contribution in [2.24, 2.45) is 0 Å². The van der Waals surface area contributed by atoms with Crippen LogP contribution in [0.25, 0.3) is 0 Å². The van der Waals surface area contributed by atoms with Gasteiger partial charge in [0.05, 0.1) is 17.8 Å². The van der Waals surface area contributed by atoms with E-state index in [0.29, 0.717) is 36.9 Å². The highest BCUT2D eigenvalue weighted by molar-refractivity contribution is 7.99. The van der Waals surface area contributed by atoms with E-state index in [-0.39, 0.29) is 6.42 Å². The summed E-state index contributed by atoms with van der Waals surface area (Å²) in [6.45, 7) is 0.712. The Morgan fingerprint density at radius 1 is 0.889 bits per heavy atom. The highest BCUT2D eigenvalue weighted by atomic mass is 32.2. The number of urea groups is 1. The molecule has 5 rings (SSSR count). The second kappa shape index (κ2) is 10.6. The molecule has 36 heavy (non-hydrogen) atoms. The molecule has 0 spiro atoms. The van der Waals surface area contributed by atoms with Crippen LogP contribution < -0.4 is 25.0 Å². The average Bonchev–Trinajstić information content (AvgIpc) is 2.89. The minimum atomic E-state index is -0.744. The molecule has 2 heterocycles. The first kappa shape index (κ1) is 23.6. The number of esters is 1. The molecule has 0 aromatic heterocycles. The van der Waals surface area contributed by atoms with Crippen LogP contribution in [0.2, 0.25) is 0 Å². The second-order valence-corrected chi connectivity index (χ2v) is 9.04. The molecule has 2 aliphatic rings.